The van der Waals surface area contributed by atoms with E-state index >= 15 is 0 Å². The van der Waals surface area contributed by atoms with Crippen LogP contribution in [0.3, 0.4) is 0 Å². The summed E-state index contributed by atoms with van der Waals surface area (Å²) in [5, 5.41) is 3.94. The van der Waals surface area contributed by atoms with Gasteiger partial charge in [0, 0.05) is 6.04 Å². The molecule has 3 heteroatoms. The Morgan fingerprint density at radius 3 is 2.70 bits per heavy atom. The van der Waals surface area contributed by atoms with E-state index in [9.17, 15) is 4.39 Å². The molecule has 0 spiro atoms. The van der Waals surface area contributed by atoms with Crippen LogP contribution in [-0.2, 0) is 6.42 Å². The molecule has 0 saturated heterocycles. The Kier molecular flexibility index (Phi) is 4.32. The van der Waals surface area contributed by atoms with Crippen molar-refractivity contribution in [3.8, 4) is 0 Å². The third-order valence-corrected chi connectivity index (χ3v) is 5.23. The highest BCUT2D eigenvalue weighted by Crippen LogP contribution is 2.55. The van der Waals surface area contributed by atoms with Gasteiger partial charge in [-0.2, -0.15) is 0 Å². The SMILES string of the molecule is CCCNC(Cc1ccc(F)c(Cl)c1)C1CC2CC2C1. The van der Waals surface area contributed by atoms with Crippen molar-refractivity contribution >= 4 is 11.6 Å². The topological polar surface area (TPSA) is 12.0 Å². The molecule has 0 aliphatic heterocycles. The van der Waals surface area contributed by atoms with Crippen LogP contribution in [0.2, 0.25) is 5.02 Å². The smallest absolute Gasteiger partial charge is 0.141 e. The maximum absolute atomic E-state index is 13.2. The van der Waals surface area contributed by atoms with Crippen LogP contribution in [0.4, 0.5) is 4.39 Å². The molecule has 1 N–H and O–H groups in total. The molecule has 0 bridgehead atoms. The summed E-state index contributed by atoms with van der Waals surface area (Å²) in [4.78, 5) is 0. The normalized spacial score (nSPS) is 29.2. The number of benzene rings is 1. The maximum Gasteiger partial charge on any atom is 0.141 e. The largest absolute Gasteiger partial charge is 0.313 e. The summed E-state index contributed by atoms with van der Waals surface area (Å²) in [5.74, 6) is 2.47. The van der Waals surface area contributed by atoms with Crippen LogP contribution in [0.25, 0.3) is 0 Å². The fourth-order valence-corrected chi connectivity index (χ4v) is 3.95. The highest BCUT2D eigenvalue weighted by Gasteiger charge is 2.47. The first kappa shape index (κ1) is 14.3. The van der Waals surface area contributed by atoms with Gasteiger partial charge in [-0.1, -0.05) is 24.6 Å². The van der Waals surface area contributed by atoms with Gasteiger partial charge in [-0.05, 0) is 74.1 Å². The zero-order valence-electron chi connectivity index (χ0n) is 12.0. The van der Waals surface area contributed by atoms with E-state index in [2.05, 4.69) is 12.2 Å². The molecule has 0 amide bonds. The minimum Gasteiger partial charge on any atom is -0.313 e. The van der Waals surface area contributed by atoms with Crippen molar-refractivity contribution in [1.82, 2.24) is 5.32 Å². The molecule has 1 aromatic rings. The number of rotatable bonds is 6. The molecule has 0 aromatic heterocycles. The average Bonchev–Trinajstić information content (AvgIpc) is 3.05. The summed E-state index contributed by atoms with van der Waals surface area (Å²) in [6, 6.07) is 5.66. The van der Waals surface area contributed by atoms with Crippen LogP contribution in [0.5, 0.6) is 0 Å². The van der Waals surface area contributed by atoms with Gasteiger partial charge in [0.1, 0.15) is 5.82 Å². The summed E-state index contributed by atoms with van der Waals surface area (Å²) >= 11 is 5.90. The Bertz CT molecular complexity index is 466. The van der Waals surface area contributed by atoms with Crippen LogP contribution >= 0.6 is 11.6 Å². The summed E-state index contributed by atoms with van der Waals surface area (Å²) in [6.07, 6.45) is 6.33. The van der Waals surface area contributed by atoms with Crippen molar-refractivity contribution in [2.75, 3.05) is 6.54 Å². The molecule has 0 heterocycles. The lowest BCUT2D eigenvalue weighted by Gasteiger charge is -2.26. The molecule has 3 atom stereocenters. The molecule has 3 unspecified atom stereocenters. The first-order chi connectivity index (χ1) is 9.67. The van der Waals surface area contributed by atoms with Crippen molar-refractivity contribution in [3.63, 3.8) is 0 Å². The van der Waals surface area contributed by atoms with Gasteiger partial charge in [0.15, 0.2) is 0 Å². The number of fused-ring (bicyclic) bond motifs is 1. The summed E-state index contributed by atoms with van der Waals surface area (Å²) < 4.78 is 13.2. The van der Waals surface area contributed by atoms with Gasteiger partial charge in [0.2, 0.25) is 0 Å². The predicted octanol–water partition coefficient (Wildman–Crippen LogP) is 4.44. The quantitative estimate of drug-likeness (QED) is 0.818. The van der Waals surface area contributed by atoms with Gasteiger partial charge < -0.3 is 5.32 Å². The fourth-order valence-electron chi connectivity index (χ4n) is 3.75. The average molecular weight is 296 g/mol. The van der Waals surface area contributed by atoms with E-state index in [1.165, 1.54) is 25.3 Å². The molecular weight excluding hydrogens is 273 g/mol. The predicted molar refractivity (Wildman–Crippen MR) is 81.5 cm³/mol. The molecule has 1 nitrogen and oxygen atoms in total. The number of hydrogen-bond donors (Lipinski definition) is 1. The number of nitrogens with one attached hydrogen (secondary N) is 1. The Morgan fingerprint density at radius 2 is 2.05 bits per heavy atom. The first-order valence-electron chi connectivity index (χ1n) is 7.84. The second kappa shape index (κ2) is 6.03. The molecule has 20 heavy (non-hydrogen) atoms. The van der Waals surface area contributed by atoms with Gasteiger partial charge in [0.25, 0.3) is 0 Å². The van der Waals surface area contributed by atoms with E-state index in [-0.39, 0.29) is 10.8 Å². The standard InChI is InChI=1S/C17H23ClFN/c1-2-5-20-17(14-9-12-8-13(12)10-14)7-11-3-4-16(19)15(18)6-11/h3-4,6,12-14,17,20H,2,5,7-10H2,1H3. The molecule has 2 aliphatic rings. The van der Waals surface area contributed by atoms with Gasteiger partial charge in [-0.3, -0.25) is 0 Å². The Labute approximate surface area is 125 Å². The lowest BCUT2D eigenvalue weighted by atomic mass is 9.89. The molecule has 2 fully saturated rings. The van der Waals surface area contributed by atoms with E-state index in [4.69, 9.17) is 11.6 Å². The van der Waals surface area contributed by atoms with Gasteiger partial charge in [0.05, 0.1) is 5.02 Å². The molecule has 110 valence electrons. The van der Waals surface area contributed by atoms with Crippen molar-refractivity contribution in [1.29, 1.82) is 0 Å². The molecule has 2 saturated carbocycles. The number of hydrogen-bond acceptors (Lipinski definition) is 1. The Hall–Kier alpha value is -0.600. The van der Waals surface area contributed by atoms with E-state index in [1.54, 1.807) is 6.07 Å². The Morgan fingerprint density at radius 1 is 1.30 bits per heavy atom. The molecule has 3 rings (SSSR count). The third-order valence-electron chi connectivity index (χ3n) is 4.95. The van der Waals surface area contributed by atoms with E-state index in [0.717, 1.165) is 42.7 Å². The molecule has 2 aliphatic carbocycles. The van der Waals surface area contributed by atoms with Crippen LogP contribution in [-0.4, -0.2) is 12.6 Å². The second-order valence-corrected chi connectivity index (χ2v) is 6.91. The van der Waals surface area contributed by atoms with E-state index in [1.807, 2.05) is 6.07 Å². The van der Waals surface area contributed by atoms with Crippen molar-refractivity contribution in [2.24, 2.45) is 17.8 Å². The number of halogens is 2. The minimum atomic E-state index is -0.324. The zero-order valence-corrected chi connectivity index (χ0v) is 12.8. The minimum absolute atomic E-state index is 0.242. The lowest BCUT2D eigenvalue weighted by molar-refractivity contribution is 0.332. The van der Waals surface area contributed by atoms with Gasteiger partial charge in [-0.25, -0.2) is 4.39 Å². The summed E-state index contributed by atoms with van der Waals surface area (Å²) in [6.45, 7) is 3.26. The third kappa shape index (κ3) is 3.17. The van der Waals surface area contributed by atoms with Gasteiger partial charge in [-0.15, -0.1) is 0 Å². The van der Waals surface area contributed by atoms with Crippen molar-refractivity contribution in [3.05, 3.63) is 34.6 Å². The monoisotopic (exact) mass is 295 g/mol. The first-order valence-corrected chi connectivity index (χ1v) is 8.22. The highest BCUT2D eigenvalue weighted by molar-refractivity contribution is 6.30. The summed E-state index contributed by atoms with van der Waals surface area (Å²) in [5.41, 5.74) is 1.14. The van der Waals surface area contributed by atoms with Crippen LogP contribution < -0.4 is 5.32 Å². The lowest BCUT2D eigenvalue weighted by Crippen LogP contribution is -2.38. The maximum atomic E-state index is 13.2. The zero-order chi connectivity index (χ0) is 14.1. The second-order valence-electron chi connectivity index (χ2n) is 6.50. The van der Waals surface area contributed by atoms with E-state index < -0.39 is 0 Å². The van der Waals surface area contributed by atoms with Crippen LogP contribution in [0.1, 0.15) is 38.2 Å². The molecular formula is C17H23ClFN. The van der Waals surface area contributed by atoms with Crippen molar-refractivity contribution < 1.29 is 4.39 Å². The van der Waals surface area contributed by atoms with Crippen molar-refractivity contribution in [2.45, 2.75) is 45.1 Å². The van der Waals surface area contributed by atoms with Crippen LogP contribution in [0.15, 0.2) is 18.2 Å². The highest BCUT2D eigenvalue weighted by atomic mass is 35.5. The molecule has 1 aromatic carbocycles. The summed E-state index contributed by atoms with van der Waals surface area (Å²) in [7, 11) is 0. The Balaban J connectivity index is 1.66. The fraction of sp³-hybridized carbons (Fsp3) is 0.647. The van der Waals surface area contributed by atoms with Crippen LogP contribution in [0, 0.1) is 23.6 Å². The van der Waals surface area contributed by atoms with E-state index in [0.29, 0.717) is 6.04 Å². The molecule has 0 radical (unpaired) electrons. The van der Waals surface area contributed by atoms with Gasteiger partial charge >= 0.3 is 0 Å².